The molecule has 3 nitrogen and oxygen atoms in total. The van der Waals surface area contributed by atoms with Gasteiger partial charge in [-0.15, -0.1) is 0 Å². The van der Waals surface area contributed by atoms with E-state index in [9.17, 15) is 26.7 Å². The fourth-order valence-corrected chi connectivity index (χ4v) is 1.19. The lowest BCUT2D eigenvalue weighted by Crippen LogP contribution is -2.41. The van der Waals surface area contributed by atoms with Crippen LogP contribution in [0.1, 0.15) is 0 Å². The smallest absolute Gasteiger partial charge is 0.319 e. The molecule has 0 atom stereocenters. The standard InChI is InChI=1S/C11H11F5N2O/c12-7-2-1-3-8(4-7)18-9(19)5-17-6-11(15,16)10(13)14/h1-4,10,17H,5-6H2,(H,18,19). The van der Waals surface area contributed by atoms with E-state index in [1.807, 2.05) is 5.32 Å². The van der Waals surface area contributed by atoms with E-state index in [0.29, 0.717) is 0 Å². The Morgan fingerprint density at radius 2 is 2.00 bits per heavy atom. The van der Waals surface area contributed by atoms with Crippen LogP contribution in [0.4, 0.5) is 27.6 Å². The topological polar surface area (TPSA) is 41.1 Å². The molecule has 1 aromatic carbocycles. The largest absolute Gasteiger partial charge is 0.325 e. The van der Waals surface area contributed by atoms with Gasteiger partial charge in [-0.05, 0) is 18.2 Å². The molecule has 0 aliphatic rings. The first kappa shape index (κ1) is 15.4. The number of hydrogen-bond donors (Lipinski definition) is 2. The molecule has 0 unspecified atom stereocenters. The third-order valence-corrected chi connectivity index (χ3v) is 2.07. The average Bonchev–Trinajstić information content (AvgIpc) is 2.28. The number of carbonyl (C=O) groups is 1. The van der Waals surface area contributed by atoms with Crippen molar-refractivity contribution in [2.75, 3.05) is 18.4 Å². The summed E-state index contributed by atoms with van der Waals surface area (Å²) in [6.45, 7) is -1.90. The SMILES string of the molecule is O=C(CNCC(F)(F)C(F)F)Nc1cccc(F)c1. The minimum atomic E-state index is -4.20. The van der Waals surface area contributed by atoms with Crippen LogP contribution in [0.3, 0.4) is 0 Å². The van der Waals surface area contributed by atoms with E-state index in [1.165, 1.54) is 12.1 Å². The molecule has 0 bridgehead atoms. The van der Waals surface area contributed by atoms with Crippen molar-refractivity contribution in [2.45, 2.75) is 12.3 Å². The number of halogens is 5. The highest BCUT2D eigenvalue weighted by Crippen LogP contribution is 2.21. The monoisotopic (exact) mass is 282 g/mol. The number of benzene rings is 1. The molecule has 0 saturated heterocycles. The third-order valence-electron chi connectivity index (χ3n) is 2.07. The van der Waals surface area contributed by atoms with Crippen LogP contribution in [-0.2, 0) is 4.79 Å². The van der Waals surface area contributed by atoms with E-state index in [1.54, 1.807) is 0 Å². The second-order valence-electron chi connectivity index (χ2n) is 3.72. The molecule has 0 fully saturated rings. The second kappa shape index (κ2) is 6.46. The van der Waals surface area contributed by atoms with E-state index in [0.717, 1.165) is 12.1 Å². The Morgan fingerprint density at radius 3 is 2.58 bits per heavy atom. The van der Waals surface area contributed by atoms with Crippen molar-refractivity contribution in [2.24, 2.45) is 0 Å². The third kappa shape index (κ3) is 5.21. The van der Waals surface area contributed by atoms with Gasteiger partial charge in [0, 0.05) is 5.69 Å². The van der Waals surface area contributed by atoms with Crippen LogP contribution in [-0.4, -0.2) is 31.3 Å². The maximum Gasteiger partial charge on any atom is 0.319 e. The molecule has 106 valence electrons. The van der Waals surface area contributed by atoms with Gasteiger partial charge < -0.3 is 10.6 Å². The molecule has 8 heteroatoms. The molecule has 1 amide bonds. The second-order valence-corrected chi connectivity index (χ2v) is 3.72. The predicted octanol–water partition coefficient (Wildman–Crippen LogP) is 2.25. The fraction of sp³-hybridized carbons (Fsp3) is 0.364. The summed E-state index contributed by atoms with van der Waals surface area (Å²) >= 11 is 0. The Morgan fingerprint density at radius 1 is 1.32 bits per heavy atom. The van der Waals surface area contributed by atoms with Crippen LogP contribution in [0.15, 0.2) is 24.3 Å². The summed E-state index contributed by atoms with van der Waals surface area (Å²) in [4.78, 5) is 11.3. The minimum Gasteiger partial charge on any atom is -0.325 e. The van der Waals surface area contributed by atoms with Gasteiger partial charge in [-0.1, -0.05) is 6.07 Å². The Balaban J connectivity index is 2.37. The first-order valence-corrected chi connectivity index (χ1v) is 5.23. The zero-order chi connectivity index (χ0) is 14.5. The van der Waals surface area contributed by atoms with Gasteiger partial charge in [-0.2, -0.15) is 8.78 Å². The van der Waals surface area contributed by atoms with E-state index in [-0.39, 0.29) is 5.69 Å². The molecule has 0 aliphatic heterocycles. The van der Waals surface area contributed by atoms with Gasteiger partial charge in [0.25, 0.3) is 0 Å². The Bertz CT molecular complexity index is 439. The van der Waals surface area contributed by atoms with Gasteiger partial charge in [0.05, 0.1) is 13.1 Å². The highest BCUT2D eigenvalue weighted by Gasteiger charge is 2.40. The fourth-order valence-electron chi connectivity index (χ4n) is 1.19. The first-order chi connectivity index (χ1) is 8.81. The lowest BCUT2D eigenvalue weighted by atomic mass is 10.3. The van der Waals surface area contributed by atoms with Crippen molar-refractivity contribution < 1.29 is 26.7 Å². The van der Waals surface area contributed by atoms with E-state index < -0.39 is 37.2 Å². The van der Waals surface area contributed by atoms with Gasteiger partial charge in [0.1, 0.15) is 5.82 Å². The van der Waals surface area contributed by atoms with Crippen LogP contribution in [0, 0.1) is 5.82 Å². The van der Waals surface area contributed by atoms with Crippen molar-refractivity contribution in [1.29, 1.82) is 0 Å². The zero-order valence-electron chi connectivity index (χ0n) is 9.60. The lowest BCUT2D eigenvalue weighted by Gasteiger charge is -2.15. The summed E-state index contributed by atoms with van der Waals surface area (Å²) in [5.74, 6) is -5.51. The molecule has 0 aromatic heterocycles. The summed E-state index contributed by atoms with van der Waals surface area (Å²) in [6.07, 6.45) is -3.80. The number of nitrogens with one attached hydrogen (secondary N) is 2. The van der Waals surface area contributed by atoms with Crippen LogP contribution in [0.25, 0.3) is 0 Å². The molecular formula is C11H11F5N2O. The van der Waals surface area contributed by atoms with Gasteiger partial charge in [-0.25, -0.2) is 13.2 Å². The van der Waals surface area contributed by atoms with Crippen LogP contribution >= 0.6 is 0 Å². The van der Waals surface area contributed by atoms with Crippen LogP contribution < -0.4 is 10.6 Å². The zero-order valence-corrected chi connectivity index (χ0v) is 9.60. The summed E-state index contributed by atoms with van der Waals surface area (Å²) < 4.78 is 61.3. The predicted molar refractivity (Wildman–Crippen MR) is 58.9 cm³/mol. The van der Waals surface area contributed by atoms with Crippen molar-refractivity contribution in [3.8, 4) is 0 Å². The minimum absolute atomic E-state index is 0.146. The Labute approximate surface area is 105 Å². The van der Waals surface area contributed by atoms with Crippen molar-refractivity contribution in [3.05, 3.63) is 30.1 Å². The van der Waals surface area contributed by atoms with Crippen molar-refractivity contribution >= 4 is 11.6 Å². The van der Waals surface area contributed by atoms with E-state index in [4.69, 9.17) is 0 Å². The highest BCUT2D eigenvalue weighted by atomic mass is 19.3. The first-order valence-electron chi connectivity index (χ1n) is 5.23. The lowest BCUT2D eigenvalue weighted by molar-refractivity contribution is -0.127. The summed E-state index contributed by atoms with van der Waals surface area (Å²) in [6, 6.07) is 4.95. The molecule has 0 heterocycles. The maximum atomic E-state index is 12.8. The number of anilines is 1. The molecule has 1 aromatic rings. The van der Waals surface area contributed by atoms with Gasteiger partial charge in [-0.3, -0.25) is 4.79 Å². The Hall–Kier alpha value is -1.70. The van der Waals surface area contributed by atoms with Gasteiger partial charge in [0.2, 0.25) is 5.91 Å². The molecular weight excluding hydrogens is 271 g/mol. The van der Waals surface area contributed by atoms with Crippen molar-refractivity contribution in [1.82, 2.24) is 5.32 Å². The number of alkyl halides is 4. The molecule has 2 N–H and O–H groups in total. The number of amides is 1. The molecule has 0 radical (unpaired) electrons. The molecule has 0 aliphatic carbocycles. The quantitative estimate of drug-likeness (QED) is 0.786. The maximum absolute atomic E-state index is 12.8. The summed E-state index contributed by atoms with van der Waals surface area (Å²) in [5, 5.41) is 4.13. The van der Waals surface area contributed by atoms with Crippen molar-refractivity contribution in [3.63, 3.8) is 0 Å². The number of hydrogen-bond acceptors (Lipinski definition) is 2. The van der Waals surface area contributed by atoms with Crippen LogP contribution in [0.5, 0.6) is 0 Å². The highest BCUT2D eigenvalue weighted by molar-refractivity contribution is 5.92. The molecule has 19 heavy (non-hydrogen) atoms. The van der Waals surface area contributed by atoms with Gasteiger partial charge >= 0.3 is 12.3 Å². The molecule has 1 rings (SSSR count). The molecule has 0 spiro atoms. The van der Waals surface area contributed by atoms with E-state index >= 15 is 0 Å². The van der Waals surface area contributed by atoms with Crippen LogP contribution in [0.2, 0.25) is 0 Å². The number of rotatable bonds is 6. The summed E-state index contributed by atoms with van der Waals surface area (Å²) in [7, 11) is 0. The van der Waals surface area contributed by atoms with E-state index in [2.05, 4.69) is 5.32 Å². The normalized spacial score (nSPS) is 11.7. The number of carbonyl (C=O) groups excluding carboxylic acids is 1. The Kier molecular flexibility index (Phi) is 5.22. The average molecular weight is 282 g/mol. The van der Waals surface area contributed by atoms with Gasteiger partial charge in [0.15, 0.2) is 0 Å². The summed E-state index contributed by atoms with van der Waals surface area (Å²) in [5.41, 5.74) is 0.146. The molecule has 0 saturated carbocycles.